The van der Waals surface area contributed by atoms with E-state index in [1.165, 1.54) is 0 Å². The van der Waals surface area contributed by atoms with E-state index >= 15 is 0 Å². The highest BCUT2D eigenvalue weighted by molar-refractivity contribution is 7.98. The Kier molecular flexibility index (Phi) is 10.4. The van der Waals surface area contributed by atoms with E-state index in [1.807, 2.05) is 52.0 Å². The summed E-state index contributed by atoms with van der Waals surface area (Å²) >= 11 is 0. The fourth-order valence-corrected chi connectivity index (χ4v) is 7.24. The number of hydrogen-bond acceptors (Lipinski definition) is 4. The second-order valence-electron chi connectivity index (χ2n) is 10.6. The maximum atomic E-state index is 13.7. The van der Waals surface area contributed by atoms with Crippen LogP contribution in [0.3, 0.4) is 0 Å². The molecule has 0 spiro atoms. The molecule has 0 amide bonds. The van der Waals surface area contributed by atoms with Gasteiger partial charge in [-0.1, -0.05) is 79.7 Å². The molecule has 0 saturated carbocycles. The van der Waals surface area contributed by atoms with Crippen LogP contribution >= 0.6 is 0 Å². The zero-order valence-corrected chi connectivity index (χ0v) is 24.4. The van der Waals surface area contributed by atoms with Crippen LogP contribution in [0.5, 0.6) is 0 Å². The maximum Gasteiger partial charge on any atom is 0.137 e. The lowest BCUT2D eigenvalue weighted by Gasteiger charge is -2.24. The van der Waals surface area contributed by atoms with Crippen molar-refractivity contribution >= 4 is 22.0 Å². The molecule has 3 N–H and O–H groups in total. The van der Waals surface area contributed by atoms with Crippen molar-refractivity contribution in [2.45, 2.75) is 115 Å². The Balaban J connectivity index is 2.67. The van der Waals surface area contributed by atoms with E-state index in [9.17, 15) is 18.6 Å². The zero-order valence-electron chi connectivity index (χ0n) is 22.8. The largest absolute Gasteiger partial charge is 0.389 e. The summed E-state index contributed by atoms with van der Waals surface area (Å²) in [4.78, 5) is 0.965. The molecule has 2 aromatic rings. The lowest BCUT2D eigenvalue weighted by Crippen LogP contribution is -2.25. The van der Waals surface area contributed by atoms with Crippen molar-refractivity contribution in [3.63, 3.8) is 0 Å². The first kappa shape index (κ1) is 29.8. The number of hydrogen-bond donors (Lipinski definition) is 3. The minimum Gasteiger partial charge on any atom is -0.389 e. The van der Waals surface area contributed by atoms with Crippen molar-refractivity contribution < 1.29 is 18.6 Å². The summed E-state index contributed by atoms with van der Waals surface area (Å²) in [6.45, 7) is 19.8. The number of rotatable bonds is 10. The van der Waals surface area contributed by atoms with E-state index in [0.717, 1.165) is 22.3 Å². The summed E-state index contributed by atoms with van der Waals surface area (Å²) in [5, 5.41) is 21.1. The van der Waals surface area contributed by atoms with Gasteiger partial charge < -0.3 is 10.2 Å². The van der Waals surface area contributed by atoms with Crippen LogP contribution < -0.4 is 4.13 Å². The van der Waals surface area contributed by atoms with Crippen molar-refractivity contribution in [2.24, 2.45) is 0 Å². The maximum absolute atomic E-state index is 13.7. The molecule has 0 saturated heterocycles. The Bertz CT molecular complexity index is 945. The third kappa shape index (κ3) is 6.89. The lowest BCUT2D eigenvalue weighted by molar-refractivity contribution is 0.195. The molecule has 0 fully saturated rings. The van der Waals surface area contributed by atoms with Gasteiger partial charge in [0.2, 0.25) is 0 Å². The molecule has 5 nitrogen and oxygen atoms in total. The second kappa shape index (κ2) is 12.2. The van der Waals surface area contributed by atoms with E-state index in [1.54, 1.807) is 13.8 Å². The van der Waals surface area contributed by atoms with Gasteiger partial charge in [0.25, 0.3) is 0 Å². The first-order valence-electron chi connectivity index (χ1n) is 12.5. The van der Waals surface area contributed by atoms with Gasteiger partial charge in [-0.15, -0.1) is 4.13 Å². The molecule has 7 heteroatoms. The van der Waals surface area contributed by atoms with Crippen LogP contribution in [-0.2, 0) is 22.0 Å². The van der Waals surface area contributed by atoms with Gasteiger partial charge in [-0.25, -0.2) is 8.42 Å². The summed E-state index contributed by atoms with van der Waals surface area (Å²) < 4.78 is 30.3. The first-order chi connectivity index (χ1) is 16.2. The Morgan fingerprint density at radius 3 is 1.06 bits per heavy atom. The number of benzene rings is 2. The average molecular weight is 522 g/mol. The minimum atomic E-state index is -1.85. The van der Waals surface area contributed by atoms with Crippen molar-refractivity contribution in [3.8, 4) is 0 Å². The van der Waals surface area contributed by atoms with Crippen LogP contribution in [0.2, 0.25) is 0 Å². The molecule has 0 aromatic heterocycles. The van der Waals surface area contributed by atoms with E-state index in [0.29, 0.717) is 20.9 Å². The van der Waals surface area contributed by atoms with Crippen LogP contribution in [0.15, 0.2) is 34.1 Å². The molecular formula is C28H43NO4S2. The standard InChI is InChI=1S/C28H43NO4S2/c1-15(2)21-11-23(17(5)6)27(25(13-21)19(9)30)34(32)29-35(33)28-24(18(7)8)12-22(16(3)4)14-26(28)20(10)31/h11-20,29-31H,1-10H3. The highest BCUT2D eigenvalue weighted by Gasteiger charge is 2.27. The highest BCUT2D eigenvalue weighted by atomic mass is 32.3. The van der Waals surface area contributed by atoms with Crippen LogP contribution in [0.25, 0.3) is 0 Å². The van der Waals surface area contributed by atoms with E-state index in [2.05, 4.69) is 31.8 Å². The summed E-state index contributed by atoms with van der Waals surface area (Å²) in [6, 6.07) is 7.88. The molecule has 4 unspecified atom stereocenters. The summed E-state index contributed by atoms with van der Waals surface area (Å²) in [7, 11) is -3.70. The Hall–Kier alpha value is -1.38. The molecule has 2 aromatic carbocycles. The molecule has 0 heterocycles. The summed E-state index contributed by atoms with van der Waals surface area (Å²) in [5.41, 5.74) is 5.02. The Morgan fingerprint density at radius 1 is 0.543 bits per heavy atom. The molecule has 0 aliphatic heterocycles. The fraction of sp³-hybridized carbons (Fsp3) is 0.571. The summed E-state index contributed by atoms with van der Waals surface area (Å²) in [6.07, 6.45) is -1.66. The van der Waals surface area contributed by atoms with Gasteiger partial charge in [0.05, 0.1) is 22.0 Å². The SMILES string of the molecule is CC(C)c1cc(C(C)C)c(S(=O)NS(=O)c2c(C(C)C)cc(C(C)C)cc2C(C)O)c(C(C)O)c1. The first-order valence-corrected chi connectivity index (χ1v) is 14.8. The van der Waals surface area contributed by atoms with Crippen molar-refractivity contribution in [3.05, 3.63) is 57.6 Å². The van der Waals surface area contributed by atoms with Crippen LogP contribution in [-0.4, -0.2) is 18.6 Å². The third-order valence-electron chi connectivity index (χ3n) is 6.34. The number of aliphatic hydroxyl groups is 2. The van der Waals surface area contributed by atoms with Crippen LogP contribution in [0.4, 0.5) is 0 Å². The second-order valence-corrected chi connectivity index (χ2v) is 13.2. The van der Waals surface area contributed by atoms with Crippen LogP contribution in [0.1, 0.15) is 138 Å². The molecule has 4 atom stereocenters. The van der Waals surface area contributed by atoms with E-state index in [-0.39, 0.29) is 23.7 Å². The van der Waals surface area contributed by atoms with Gasteiger partial charge in [0, 0.05) is 0 Å². The van der Waals surface area contributed by atoms with Gasteiger partial charge in [0.1, 0.15) is 22.0 Å². The molecule has 0 aliphatic carbocycles. The molecule has 2 rings (SSSR count). The van der Waals surface area contributed by atoms with E-state index in [4.69, 9.17) is 0 Å². The van der Waals surface area contributed by atoms with Gasteiger partial charge in [-0.2, -0.15) is 0 Å². The Morgan fingerprint density at radius 2 is 0.829 bits per heavy atom. The topological polar surface area (TPSA) is 86.6 Å². The zero-order chi connectivity index (χ0) is 26.8. The molecule has 0 bridgehead atoms. The van der Waals surface area contributed by atoms with Gasteiger partial charge >= 0.3 is 0 Å². The minimum absolute atomic E-state index is 0.0601. The predicted octanol–water partition coefficient (Wildman–Crippen LogP) is 6.62. The van der Waals surface area contributed by atoms with Gasteiger partial charge in [-0.3, -0.25) is 0 Å². The Labute approximate surface area is 216 Å². The highest BCUT2D eigenvalue weighted by Crippen LogP contribution is 2.36. The molecular weight excluding hydrogens is 478 g/mol. The molecule has 0 radical (unpaired) electrons. The summed E-state index contributed by atoms with van der Waals surface area (Å²) in [5.74, 6) is 0.613. The monoisotopic (exact) mass is 521 g/mol. The van der Waals surface area contributed by atoms with Gasteiger partial charge in [0.15, 0.2) is 0 Å². The molecule has 35 heavy (non-hydrogen) atoms. The lowest BCUT2D eigenvalue weighted by atomic mass is 9.91. The van der Waals surface area contributed by atoms with Crippen molar-refractivity contribution in [1.29, 1.82) is 0 Å². The quantitative estimate of drug-likeness (QED) is 0.328. The molecule has 196 valence electrons. The van der Waals surface area contributed by atoms with Crippen molar-refractivity contribution in [1.82, 2.24) is 4.13 Å². The smallest absolute Gasteiger partial charge is 0.137 e. The van der Waals surface area contributed by atoms with E-state index < -0.39 is 34.2 Å². The molecule has 0 aliphatic rings. The fourth-order valence-electron chi connectivity index (χ4n) is 4.12. The normalized spacial score (nSPS) is 15.8. The predicted molar refractivity (Wildman–Crippen MR) is 146 cm³/mol. The number of nitrogens with one attached hydrogen (secondary N) is 1. The van der Waals surface area contributed by atoms with Crippen molar-refractivity contribution in [2.75, 3.05) is 0 Å². The van der Waals surface area contributed by atoms with Crippen LogP contribution in [0, 0.1) is 0 Å². The number of aliphatic hydroxyl groups excluding tert-OH is 2. The van der Waals surface area contributed by atoms with Gasteiger partial charge in [-0.05, 0) is 70.9 Å². The average Bonchev–Trinajstić information content (AvgIpc) is 2.76. The third-order valence-corrected chi connectivity index (χ3v) is 9.23.